The van der Waals surface area contributed by atoms with Crippen molar-refractivity contribution in [3.8, 4) is 0 Å². The van der Waals surface area contributed by atoms with E-state index in [1.54, 1.807) is 0 Å². The third-order valence-corrected chi connectivity index (χ3v) is 3.88. The predicted octanol–water partition coefficient (Wildman–Crippen LogP) is 1.32. The molecule has 0 spiro atoms. The molecule has 1 atom stereocenters. The van der Waals surface area contributed by atoms with Crippen LogP contribution in [0.25, 0.3) is 0 Å². The van der Waals surface area contributed by atoms with Crippen LogP contribution >= 0.6 is 0 Å². The van der Waals surface area contributed by atoms with E-state index in [1.165, 1.54) is 6.42 Å². The highest BCUT2D eigenvalue weighted by atomic mass is 16.5. The minimum absolute atomic E-state index is 0.0716. The highest BCUT2D eigenvalue weighted by Gasteiger charge is 2.28. The summed E-state index contributed by atoms with van der Waals surface area (Å²) in [4.78, 5) is 14.0. The number of hydrogen-bond donors (Lipinski definition) is 1. The molecule has 2 rings (SSSR count). The second-order valence-corrected chi connectivity index (χ2v) is 5.07. The predicted molar refractivity (Wildman–Crippen MR) is 64.6 cm³/mol. The van der Waals surface area contributed by atoms with Crippen LogP contribution in [0.15, 0.2) is 0 Å². The Balaban J connectivity index is 1.74. The number of rotatable bonds is 6. The normalized spacial score (nSPS) is 24.6. The lowest BCUT2D eigenvalue weighted by molar-refractivity contribution is -0.136. The van der Waals surface area contributed by atoms with E-state index in [-0.39, 0.29) is 18.6 Å². The fourth-order valence-corrected chi connectivity index (χ4v) is 2.62. The van der Waals surface area contributed by atoms with Crippen molar-refractivity contribution in [2.24, 2.45) is 0 Å². The minimum atomic E-state index is 0.0716. The monoisotopic (exact) mass is 241 g/mol. The van der Waals surface area contributed by atoms with Crippen molar-refractivity contribution in [3.63, 3.8) is 0 Å². The molecule has 2 fully saturated rings. The van der Waals surface area contributed by atoms with Gasteiger partial charge in [-0.25, -0.2) is 0 Å². The van der Waals surface area contributed by atoms with Gasteiger partial charge in [-0.2, -0.15) is 0 Å². The van der Waals surface area contributed by atoms with Gasteiger partial charge in [-0.3, -0.25) is 4.79 Å². The van der Waals surface area contributed by atoms with Crippen molar-refractivity contribution < 1.29 is 14.6 Å². The Kier molecular flexibility index (Phi) is 4.80. The summed E-state index contributed by atoms with van der Waals surface area (Å²) in [6.45, 7) is 1.42. The second-order valence-electron chi connectivity index (χ2n) is 5.07. The van der Waals surface area contributed by atoms with Crippen LogP contribution in [0.1, 0.15) is 44.9 Å². The quantitative estimate of drug-likeness (QED) is 0.763. The largest absolute Gasteiger partial charge is 0.395 e. The molecule has 1 amide bonds. The van der Waals surface area contributed by atoms with Crippen molar-refractivity contribution in [3.05, 3.63) is 0 Å². The summed E-state index contributed by atoms with van der Waals surface area (Å²) >= 11 is 0. The van der Waals surface area contributed by atoms with Crippen LogP contribution < -0.4 is 0 Å². The highest BCUT2D eigenvalue weighted by molar-refractivity contribution is 5.76. The third kappa shape index (κ3) is 3.42. The van der Waals surface area contributed by atoms with Crippen molar-refractivity contribution in [1.29, 1.82) is 0 Å². The Hall–Kier alpha value is -0.610. The summed E-state index contributed by atoms with van der Waals surface area (Å²) < 4.78 is 5.52. The molecule has 0 aromatic heterocycles. The van der Waals surface area contributed by atoms with Gasteiger partial charge in [0.25, 0.3) is 0 Å². The van der Waals surface area contributed by atoms with Gasteiger partial charge in [0, 0.05) is 25.6 Å². The van der Waals surface area contributed by atoms with Crippen molar-refractivity contribution in [2.75, 3.05) is 19.8 Å². The lowest BCUT2D eigenvalue weighted by Crippen LogP contribution is -2.45. The van der Waals surface area contributed by atoms with Crippen LogP contribution in [-0.4, -0.2) is 47.8 Å². The van der Waals surface area contributed by atoms with E-state index in [4.69, 9.17) is 9.84 Å². The summed E-state index contributed by atoms with van der Waals surface area (Å²) in [5, 5.41) is 9.02. The van der Waals surface area contributed by atoms with Gasteiger partial charge in [0.15, 0.2) is 0 Å². The molecule has 1 aliphatic heterocycles. The molecule has 1 N–H and O–H groups in total. The van der Waals surface area contributed by atoms with Crippen molar-refractivity contribution in [2.45, 2.75) is 57.1 Å². The molecule has 1 saturated carbocycles. The molecule has 0 radical (unpaired) electrons. The summed E-state index contributed by atoms with van der Waals surface area (Å²) in [5.74, 6) is 0.194. The Morgan fingerprint density at radius 2 is 2.12 bits per heavy atom. The number of nitrogens with zero attached hydrogens (tertiary/aromatic N) is 1. The molecule has 1 saturated heterocycles. The molecule has 1 heterocycles. The SMILES string of the molecule is O=C(CCC1CCCO1)N(CCO)C1CCC1. The summed E-state index contributed by atoms with van der Waals surface area (Å²) in [5.41, 5.74) is 0. The van der Waals surface area contributed by atoms with Gasteiger partial charge < -0.3 is 14.7 Å². The minimum Gasteiger partial charge on any atom is -0.395 e. The maximum atomic E-state index is 12.1. The Labute approximate surface area is 103 Å². The molecule has 2 aliphatic rings. The number of hydrogen-bond acceptors (Lipinski definition) is 3. The Morgan fingerprint density at radius 3 is 2.65 bits per heavy atom. The third-order valence-electron chi connectivity index (χ3n) is 3.88. The molecule has 0 aromatic rings. The van der Waals surface area contributed by atoms with Gasteiger partial charge in [0.2, 0.25) is 5.91 Å². The number of carbonyl (C=O) groups excluding carboxylic acids is 1. The molecule has 98 valence electrons. The number of carbonyl (C=O) groups is 1. The van der Waals surface area contributed by atoms with Gasteiger partial charge >= 0.3 is 0 Å². The molecule has 4 nitrogen and oxygen atoms in total. The average molecular weight is 241 g/mol. The number of ether oxygens (including phenoxy) is 1. The zero-order chi connectivity index (χ0) is 12.1. The van der Waals surface area contributed by atoms with Gasteiger partial charge in [-0.05, 0) is 38.5 Å². The average Bonchev–Trinajstić information content (AvgIpc) is 2.75. The van der Waals surface area contributed by atoms with Crippen LogP contribution in [0.2, 0.25) is 0 Å². The standard InChI is InChI=1S/C13H23NO3/c15-9-8-14(11-3-1-4-11)13(16)7-6-12-5-2-10-17-12/h11-12,15H,1-10H2. The van der Waals surface area contributed by atoms with Gasteiger partial charge in [-0.1, -0.05) is 0 Å². The fourth-order valence-electron chi connectivity index (χ4n) is 2.62. The van der Waals surface area contributed by atoms with E-state index in [1.807, 2.05) is 4.90 Å². The highest BCUT2D eigenvalue weighted by Crippen LogP contribution is 2.26. The first-order chi connectivity index (χ1) is 8.31. The van der Waals surface area contributed by atoms with Crippen LogP contribution in [0.5, 0.6) is 0 Å². The summed E-state index contributed by atoms with van der Waals surface area (Å²) in [7, 11) is 0. The summed E-state index contributed by atoms with van der Waals surface area (Å²) in [6, 6.07) is 0.388. The number of aliphatic hydroxyl groups is 1. The number of amides is 1. The molecular formula is C13H23NO3. The maximum absolute atomic E-state index is 12.1. The zero-order valence-electron chi connectivity index (χ0n) is 10.4. The van der Waals surface area contributed by atoms with E-state index in [0.29, 0.717) is 19.0 Å². The molecule has 17 heavy (non-hydrogen) atoms. The van der Waals surface area contributed by atoms with E-state index >= 15 is 0 Å². The van der Waals surface area contributed by atoms with Crippen LogP contribution in [-0.2, 0) is 9.53 Å². The summed E-state index contributed by atoms with van der Waals surface area (Å²) in [6.07, 6.45) is 7.34. The second kappa shape index (κ2) is 6.36. The fraction of sp³-hybridized carbons (Fsp3) is 0.923. The Morgan fingerprint density at radius 1 is 1.29 bits per heavy atom. The first-order valence-electron chi connectivity index (χ1n) is 6.83. The lowest BCUT2D eigenvalue weighted by Gasteiger charge is -2.37. The first-order valence-corrected chi connectivity index (χ1v) is 6.83. The Bertz CT molecular complexity index is 247. The van der Waals surface area contributed by atoms with Gasteiger partial charge in [0.05, 0.1) is 12.7 Å². The zero-order valence-corrected chi connectivity index (χ0v) is 10.4. The number of aliphatic hydroxyl groups excluding tert-OH is 1. The van der Waals surface area contributed by atoms with Crippen LogP contribution in [0, 0.1) is 0 Å². The molecule has 4 heteroatoms. The van der Waals surface area contributed by atoms with Crippen LogP contribution in [0.3, 0.4) is 0 Å². The van der Waals surface area contributed by atoms with E-state index in [9.17, 15) is 4.79 Å². The molecule has 1 aliphatic carbocycles. The molecule has 0 aromatic carbocycles. The van der Waals surface area contributed by atoms with Crippen LogP contribution in [0.4, 0.5) is 0 Å². The molecule has 1 unspecified atom stereocenters. The van der Waals surface area contributed by atoms with E-state index < -0.39 is 0 Å². The lowest BCUT2D eigenvalue weighted by atomic mass is 9.91. The van der Waals surface area contributed by atoms with Crippen molar-refractivity contribution in [1.82, 2.24) is 4.90 Å². The van der Waals surface area contributed by atoms with E-state index in [2.05, 4.69) is 0 Å². The van der Waals surface area contributed by atoms with E-state index in [0.717, 1.165) is 38.7 Å². The van der Waals surface area contributed by atoms with Gasteiger partial charge in [-0.15, -0.1) is 0 Å². The molecular weight excluding hydrogens is 218 g/mol. The first kappa shape index (κ1) is 12.8. The topological polar surface area (TPSA) is 49.8 Å². The molecule has 0 bridgehead atoms. The van der Waals surface area contributed by atoms with Crippen molar-refractivity contribution >= 4 is 5.91 Å². The smallest absolute Gasteiger partial charge is 0.222 e. The van der Waals surface area contributed by atoms with Gasteiger partial charge in [0.1, 0.15) is 0 Å². The maximum Gasteiger partial charge on any atom is 0.222 e.